The van der Waals surface area contributed by atoms with Gasteiger partial charge in [0.1, 0.15) is 0 Å². The van der Waals surface area contributed by atoms with E-state index in [0.717, 1.165) is 5.56 Å². The number of amides is 2. The summed E-state index contributed by atoms with van der Waals surface area (Å²) in [6.45, 7) is 2.72. The third-order valence-corrected chi connectivity index (χ3v) is 6.78. The van der Waals surface area contributed by atoms with Crippen LogP contribution in [0.1, 0.15) is 28.8 Å². The second-order valence-electron chi connectivity index (χ2n) is 9.94. The van der Waals surface area contributed by atoms with Crippen LogP contribution in [0.25, 0.3) is 0 Å². The van der Waals surface area contributed by atoms with Crippen molar-refractivity contribution >= 4 is 35.7 Å². The zero-order valence-electron chi connectivity index (χ0n) is 22.6. The summed E-state index contributed by atoms with van der Waals surface area (Å²) in [5, 5.41) is 28.5. The SMILES string of the molecule is O=C(O)CN1CCN(CC(=O)O)CCN(Cc2ccc(C(=O)ON3C(=O)CCC3=O)cc2)CCN(CC(=O)O)CC1. The van der Waals surface area contributed by atoms with E-state index in [9.17, 15) is 44.1 Å². The topological polar surface area (TPSA) is 189 Å². The van der Waals surface area contributed by atoms with Crippen LogP contribution in [-0.2, 0) is 35.4 Å². The summed E-state index contributed by atoms with van der Waals surface area (Å²) >= 11 is 0. The number of nitrogens with zero attached hydrogens (tertiary/aromatic N) is 5. The Bertz CT molecular complexity index is 1080. The average molecular weight is 578 g/mol. The fourth-order valence-corrected chi connectivity index (χ4v) is 4.58. The molecule has 41 heavy (non-hydrogen) atoms. The minimum absolute atomic E-state index is 0.00470. The summed E-state index contributed by atoms with van der Waals surface area (Å²) in [5.41, 5.74) is 0.977. The molecule has 224 valence electrons. The third kappa shape index (κ3) is 10.5. The first-order chi connectivity index (χ1) is 19.5. The van der Waals surface area contributed by atoms with Crippen molar-refractivity contribution in [1.29, 1.82) is 0 Å². The Hall–Kier alpha value is -3.92. The molecule has 15 heteroatoms. The highest BCUT2D eigenvalue weighted by atomic mass is 16.7. The van der Waals surface area contributed by atoms with Gasteiger partial charge in [0.15, 0.2) is 0 Å². The van der Waals surface area contributed by atoms with E-state index < -0.39 is 35.7 Å². The van der Waals surface area contributed by atoms with Crippen molar-refractivity contribution in [2.75, 3.05) is 72.0 Å². The molecule has 0 radical (unpaired) electrons. The highest BCUT2D eigenvalue weighted by Crippen LogP contribution is 2.15. The lowest BCUT2D eigenvalue weighted by Gasteiger charge is -2.33. The monoisotopic (exact) mass is 577 g/mol. The second-order valence-corrected chi connectivity index (χ2v) is 9.94. The number of aliphatic carboxylic acids is 3. The lowest BCUT2D eigenvalue weighted by atomic mass is 10.1. The molecule has 15 nitrogen and oxygen atoms in total. The van der Waals surface area contributed by atoms with E-state index in [2.05, 4.69) is 4.90 Å². The van der Waals surface area contributed by atoms with Crippen LogP contribution in [0.15, 0.2) is 24.3 Å². The first kappa shape index (κ1) is 31.6. The molecule has 2 aliphatic rings. The van der Waals surface area contributed by atoms with E-state index in [4.69, 9.17) is 4.84 Å². The van der Waals surface area contributed by atoms with Crippen LogP contribution >= 0.6 is 0 Å². The number of carboxylic acids is 3. The fraction of sp³-hybridized carbons (Fsp3) is 0.538. The van der Waals surface area contributed by atoms with Crippen molar-refractivity contribution in [2.24, 2.45) is 0 Å². The molecule has 0 atom stereocenters. The van der Waals surface area contributed by atoms with Gasteiger partial charge in [0.25, 0.3) is 11.8 Å². The Balaban J connectivity index is 1.69. The number of hydrogen-bond acceptors (Lipinski definition) is 11. The van der Waals surface area contributed by atoms with Crippen molar-refractivity contribution < 1.29 is 48.9 Å². The van der Waals surface area contributed by atoms with Crippen LogP contribution in [-0.4, -0.2) is 148 Å². The van der Waals surface area contributed by atoms with Gasteiger partial charge < -0.3 is 20.2 Å². The molecule has 2 aliphatic heterocycles. The van der Waals surface area contributed by atoms with Crippen LogP contribution in [0.5, 0.6) is 0 Å². The molecule has 3 N–H and O–H groups in total. The number of imide groups is 1. The summed E-state index contributed by atoms with van der Waals surface area (Å²) in [7, 11) is 0. The summed E-state index contributed by atoms with van der Waals surface area (Å²) in [6, 6.07) is 6.44. The van der Waals surface area contributed by atoms with Gasteiger partial charge in [0, 0.05) is 71.7 Å². The van der Waals surface area contributed by atoms with Crippen molar-refractivity contribution in [2.45, 2.75) is 19.4 Å². The Labute approximate surface area is 236 Å². The highest BCUT2D eigenvalue weighted by molar-refractivity contribution is 6.02. The molecule has 0 aromatic heterocycles. The predicted molar refractivity (Wildman–Crippen MR) is 140 cm³/mol. The van der Waals surface area contributed by atoms with E-state index in [0.29, 0.717) is 64.0 Å². The Morgan fingerprint density at radius 3 is 1.34 bits per heavy atom. The van der Waals surface area contributed by atoms with Gasteiger partial charge in [-0.2, -0.15) is 0 Å². The van der Waals surface area contributed by atoms with Gasteiger partial charge in [0.05, 0.1) is 25.2 Å². The predicted octanol–water partition coefficient (Wildman–Crippen LogP) is -1.12. The zero-order valence-corrected chi connectivity index (χ0v) is 22.6. The zero-order chi connectivity index (χ0) is 29.9. The molecular formula is C26H35N5O10. The molecule has 2 fully saturated rings. The van der Waals surface area contributed by atoms with Crippen LogP contribution in [0.4, 0.5) is 0 Å². The van der Waals surface area contributed by atoms with Crippen LogP contribution in [0.3, 0.4) is 0 Å². The number of rotatable bonds is 10. The minimum atomic E-state index is -1.02. The van der Waals surface area contributed by atoms with E-state index in [1.54, 1.807) is 26.8 Å². The summed E-state index contributed by atoms with van der Waals surface area (Å²) in [5.74, 6) is -4.99. The summed E-state index contributed by atoms with van der Waals surface area (Å²) < 4.78 is 0. The molecule has 2 heterocycles. The first-order valence-corrected chi connectivity index (χ1v) is 13.2. The maximum absolute atomic E-state index is 12.4. The molecule has 2 saturated heterocycles. The molecule has 0 bridgehead atoms. The highest BCUT2D eigenvalue weighted by Gasteiger charge is 2.33. The maximum Gasteiger partial charge on any atom is 0.363 e. The smallest absolute Gasteiger partial charge is 0.363 e. The average Bonchev–Trinajstić information content (AvgIpc) is 3.21. The lowest BCUT2D eigenvalue weighted by molar-refractivity contribution is -0.172. The fourth-order valence-electron chi connectivity index (χ4n) is 4.58. The van der Waals surface area contributed by atoms with Gasteiger partial charge >= 0.3 is 23.9 Å². The third-order valence-electron chi connectivity index (χ3n) is 6.78. The van der Waals surface area contributed by atoms with Crippen molar-refractivity contribution in [3.8, 4) is 0 Å². The molecule has 0 saturated carbocycles. The normalized spacial score (nSPS) is 19.0. The number of carbonyl (C=O) groups excluding carboxylic acids is 3. The number of hydroxylamine groups is 2. The van der Waals surface area contributed by atoms with E-state index >= 15 is 0 Å². The van der Waals surface area contributed by atoms with Crippen molar-refractivity contribution in [1.82, 2.24) is 24.7 Å². The molecule has 1 aromatic rings. The van der Waals surface area contributed by atoms with E-state index in [1.165, 1.54) is 12.1 Å². The molecule has 1 aromatic carbocycles. The lowest BCUT2D eigenvalue weighted by Crippen LogP contribution is -2.48. The molecule has 0 unspecified atom stereocenters. The second kappa shape index (κ2) is 15.2. The van der Waals surface area contributed by atoms with E-state index in [1.807, 2.05) is 0 Å². The van der Waals surface area contributed by atoms with Crippen molar-refractivity contribution in [3.63, 3.8) is 0 Å². The van der Waals surface area contributed by atoms with Crippen LogP contribution < -0.4 is 0 Å². The molecular weight excluding hydrogens is 542 g/mol. The quantitative estimate of drug-likeness (QED) is 0.284. The standard InChI is InChI=1S/C26H35N5O10/c32-21-5-6-22(33)31(21)41-26(40)20-3-1-19(2-4-20)15-27-7-9-28(16-23(34)35)11-13-30(18-25(38)39)14-12-29(10-8-27)17-24(36)37/h1-4H,5-18H2,(H,34,35)(H,36,37)(H,38,39). The van der Waals surface area contributed by atoms with Crippen LogP contribution in [0.2, 0.25) is 0 Å². The maximum atomic E-state index is 12.4. The van der Waals surface area contributed by atoms with Gasteiger partial charge in [-0.1, -0.05) is 12.1 Å². The van der Waals surface area contributed by atoms with Gasteiger partial charge in [-0.05, 0) is 17.7 Å². The van der Waals surface area contributed by atoms with Gasteiger partial charge in [-0.15, -0.1) is 5.06 Å². The van der Waals surface area contributed by atoms with Gasteiger partial charge in [0.2, 0.25) is 0 Å². The first-order valence-electron chi connectivity index (χ1n) is 13.2. The van der Waals surface area contributed by atoms with Gasteiger partial charge in [-0.3, -0.25) is 43.6 Å². The summed E-state index contributed by atoms with van der Waals surface area (Å²) in [4.78, 5) is 82.2. The number of hydrogen-bond donors (Lipinski definition) is 3. The van der Waals surface area contributed by atoms with Gasteiger partial charge in [-0.25, -0.2) is 4.79 Å². The van der Waals surface area contributed by atoms with Crippen molar-refractivity contribution in [3.05, 3.63) is 35.4 Å². The Morgan fingerprint density at radius 1 is 0.610 bits per heavy atom. The Kier molecular flexibility index (Phi) is 11.7. The summed E-state index contributed by atoms with van der Waals surface area (Å²) in [6.07, 6.45) is -0.00940. The van der Waals surface area contributed by atoms with E-state index in [-0.39, 0.29) is 38.0 Å². The number of benzene rings is 1. The Morgan fingerprint density at radius 2 is 0.976 bits per heavy atom. The van der Waals surface area contributed by atoms with Crippen LogP contribution in [0, 0.1) is 0 Å². The molecule has 2 amide bonds. The minimum Gasteiger partial charge on any atom is -0.480 e. The molecule has 3 rings (SSSR count). The molecule has 0 spiro atoms. The largest absolute Gasteiger partial charge is 0.480 e. The number of carboxylic acid groups (broad SMARTS) is 3. The molecule has 0 aliphatic carbocycles. The number of carbonyl (C=O) groups is 6.